The number of hydrogen-bond donors (Lipinski definition) is 1. The molecule has 0 saturated heterocycles. The average Bonchev–Trinajstić information content (AvgIpc) is 2.82. The second kappa shape index (κ2) is 11.9. The van der Waals surface area contributed by atoms with E-state index in [1.54, 1.807) is 21.9 Å². The topological polar surface area (TPSA) is 82.9 Å². The average molecular weight is 492 g/mol. The molecule has 192 valence electrons. The van der Waals surface area contributed by atoms with Crippen LogP contribution in [-0.4, -0.2) is 40.4 Å². The summed E-state index contributed by atoms with van der Waals surface area (Å²) in [6, 6.07) is 14.8. The summed E-state index contributed by atoms with van der Waals surface area (Å²) in [5.74, 6) is -0.234. The smallest absolute Gasteiger partial charge is 0.318 e. The van der Waals surface area contributed by atoms with E-state index in [2.05, 4.69) is 5.32 Å². The number of rotatable bonds is 9. The highest BCUT2D eigenvalue weighted by atomic mass is 16.3. The molecule has 1 aromatic heterocycles. The van der Waals surface area contributed by atoms with E-state index in [-0.39, 0.29) is 30.5 Å². The Hall–Kier alpha value is -3.61. The van der Waals surface area contributed by atoms with Crippen molar-refractivity contribution in [3.8, 4) is 0 Å². The molecule has 0 bridgehead atoms. The van der Waals surface area contributed by atoms with Crippen LogP contribution in [0.4, 0.5) is 4.79 Å². The van der Waals surface area contributed by atoms with Gasteiger partial charge in [-0.25, -0.2) is 4.79 Å². The molecule has 0 spiro atoms. The highest BCUT2D eigenvalue weighted by Gasteiger charge is 2.25. The highest BCUT2D eigenvalue weighted by Crippen LogP contribution is 2.16. The first-order chi connectivity index (χ1) is 17.1. The minimum absolute atomic E-state index is 0.0766. The number of unbranched alkanes of at least 4 members (excludes halogenated alkanes) is 1. The van der Waals surface area contributed by atoms with Crippen molar-refractivity contribution in [1.29, 1.82) is 0 Å². The predicted octanol–water partition coefficient (Wildman–Crippen LogP) is 5.24. The summed E-state index contributed by atoms with van der Waals surface area (Å²) < 4.78 is 5.72. The third-order valence-electron chi connectivity index (χ3n) is 5.81. The molecule has 0 saturated carbocycles. The van der Waals surface area contributed by atoms with Crippen molar-refractivity contribution in [2.45, 2.75) is 66.1 Å². The van der Waals surface area contributed by atoms with Crippen molar-refractivity contribution in [1.82, 2.24) is 15.1 Å². The summed E-state index contributed by atoms with van der Waals surface area (Å²) in [5, 5.41) is 3.45. The summed E-state index contributed by atoms with van der Waals surface area (Å²) in [4.78, 5) is 43.0. The number of carbonyl (C=O) groups is 2. The molecule has 0 radical (unpaired) electrons. The Balaban J connectivity index is 1.90. The van der Waals surface area contributed by atoms with Gasteiger partial charge >= 0.3 is 6.03 Å². The van der Waals surface area contributed by atoms with E-state index in [9.17, 15) is 14.4 Å². The minimum atomic E-state index is -0.420. The molecular formula is C29H37N3O4. The Kier molecular flexibility index (Phi) is 8.91. The van der Waals surface area contributed by atoms with Gasteiger partial charge in [0.1, 0.15) is 12.1 Å². The van der Waals surface area contributed by atoms with Gasteiger partial charge in [0.25, 0.3) is 0 Å². The fraction of sp³-hybridized carbons (Fsp3) is 0.414. The minimum Gasteiger partial charge on any atom is -0.464 e. The quantitative estimate of drug-likeness (QED) is 0.444. The molecule has 3 rings (SSSR count). The predicted molar refractivity (Wildman–Crippen MR) is 143 cm³/mol. The molecule has 0 aliphatic rings. The lowest BCUT2D eigenvalue weighted by atomic mass is 10.1. The van der Waals surface area contributed by atoms with Crippen molar-refractivity contribution in [3.05, 3.63) is 81.7 Å². The Labute approximate surface area is 213 Å². The van der Waals surface area contributed by atoms with E-state index >= 15 is 0 Å². The normalized spacial score (nSPS) is 11.4. The van der Waals surface area contributed by atoms with Crippen molar-refractivity contribution in [2.24, 2.45) is 0 Å². The molecular weight excluding hydrogens is 454 g/mol. The maximum Gasteiger partial charge on any atom is 0.318 e. The lowest BCUT2D eigenvalue weighted by molar-refractivity contribution is -0.133. The maximum atomic E-state index is 13.6. The van der Waals surface area contributed by atoms with Crippen LogP contribution in [-0.2, 0) is 17.9 Å². The second-order valence-electron chi connectivity index (χ2n) is 10.3. The molecule has 0 aliphatic carbocycles. The molecule has 1 heterocycles. The number of amides is 3. The monoisotopic (exact) mass is 491 g/mol. The van der Waals surface area contributed by atoms with Crippen LogP contribution in [0.25, 0.3) is 11.0 Å². The lowest BCUT2D eigenvalue weighted by Crippen LogP contribution is -2.51. The second-order valence-corrected chi connectivity index (χ2v) is 10.3. The number of aryl methyl sites for hydroxylation is 1. The first kappa shape index (κ1) is 27.0. The summed E-state index contributed by atoms with van der Waals surface area (Å²) in [6.45, 7) is 10.5. The van der Waals surface area contributed by atoms with Gasteiger partial charge in [0.2, 0.25) is 5.91 Å². The van der Waals surface area contributed by atoms with Crippen molar-refractivity contribution in [3.63, 3.8) is 0 Å². The molecule has 0 atom stereocenters. The lowest BCUT2D eigenvalue weighted by Gasteiger charge is -2.30. The van der Waals surface area contributed by atoms with Crippen molar-refractivity contribution < 1.29 is 14.0 Å². The van der Waals surface area contributed by atoms with Crippen LogP contribution in [0.2, 0.25) is 0 Å². The summed E-state index contributed by atoms with van der Waals surface area (Å²) >= 11 is 0. The molecule has 36 heavy (non-hydrogen) atoms. The highest BCUT2D eigenvalue weighted by molar-refractivity contribution is 5.84. The number of nitrogens with one attached hydrogen (secondary N) is 1. The van der Waals surface area contributed by atoms with E-state index in [1.807, 2.05) is 71.0 Å². The van der Waals surface area contributed by atoms with Crippen LogP contribution in [0.1, 0.15) is 57.2 Å². The van der Waals surface area contributed by atoms with Crippen LogP contribution in [0.15, 0.2) is 64.0 Å². The van der Waals surface area contributed by atoms with Gasteiger partial charge in [-0.15, -0.1) is 0 Å². The SMILES string of the molecule is CCCCN(CC(=O)N(Cc1ccccc1)Cc1coc2ccc(C)cc2c1=O)C(=O)NC(C)(C)C. The molecule has 0 aliphatic heterocycles. The van der Waals surface area contributed by atoms with Crippen LogP contribution < -0.4 is 10.7 Å². The number of hydrogen-bond acceptors (Lipinski definition) is 4. The molecule has 2 aromatic carbocycles. The molecule has 3 aromatic rings. The summed E-state index contributed by atoms with van der Waals surface area (Å²) in [7, 11) is 0. The van der Waals surface area contributed by atoms with Gasteiger partial charge in [0.05, 0.1) is 23.8 Å². The number of fused-ring (bicyclic) bond motifs is 1. The van der Waals surface area contributed by atoms with Gasteiger partial charge < -0.3 is 19.5 Å². The number of nitrogens with zero attached hydrogens (tertiary/aromatic N) is 2. The van der Waals surface area contributed by atoms with Gasteiger partial charge in [-0.2, -0.15) is 0 Å². The van der Waals surface area contributed by atoms with Gasteiger partial charge in [0.15, 0.2) is 5.43 Å². The molecule has 0 fully saturated rings. The largest absolute Gasteiger partial charge is 0.464 e. The van der Waals surface area contributed by atoms with E-state index in [1.165, 1.54) is 6.26 Å². The Bertz CT molecular complexity index is 1240. The molecule has 0 unspecified atom stereocenters. The maximum absolute atomic E-state index is 13.6. The fourth-order valence-corrected chi connectivity index (χ4v) is 3.90. The van der Waals surface area contributed by atoms with Gasteiger partial charge in [-0.3, -0.25) is 9.59 Å². The van der Waals surface area contributed by atoms with Gasteiger partial charge in [-0.05, 0) is 51.8 Å². The summed E-state index contributed by atoms with van der Waals surface area (Å²) in [6.07, 6.45) is 3.13. The third-order valence-corrected chi connectivity index (χ3v) is 5.81. The number of benzene rings is 2. The standard InChI is InChI=1S/C29H37N3O4/c1-6-7-15-31(28(35)30-29(3,4)5)19-26(33)32(17-22-11-9-8-10-12-22)18-23-20-36-25-14-13-21(2)16-24(25)27(23)34/h8-14,16,20H,6-7,15,17-19H2,1-5H3,(H,30,35). The zero-order chi connectivity index (χ0) is 26.3. The zero-order valence-corrected chi connectivity index (χ0v) is 22.0. The first-order valence-corrected chi connectivity index (χ1v) is 12.5. The van der Waals surface area contributed by atoms with Crippen LogP contribution in [0.5, 0.6) is 0 Å². The summed E-state index contributed by atoms with van der Waals surface area (Å²) in [5.41, 5.74) is 2.23. The first-order valence-electron chi connectivity index (χ1n) is 12.5. The molecule has 1 N–H and O–H groups in total. The molecule has 3 amide bonds. The van der Waals surface area contributed by atoms with E-state index < -0.39 is 5.54 Å². The van der Waals surface area contributed by atoms with Crippen LogP contribution >= 0.6 is 0 Å². The molecule has 7 nitrogen and oxygen atoms in total. The number of urea groups is 1. The van der Waals surface area contributed by atoms with Crippen LogP contribution in [0, 0.1) is 6.92 Å². The van der Waals surface area contributed by atoms with Crippen molar-refractivity contribution >= 4 is 22.9 Å². The van der Waals surface area contributed by atoms with E-state index in [0.29, 0.717) is 29.6 Å². The van der Waals surface area contributed by atoms with Crippen molar-refractivity contribution in [2.75, 3.05) is 13.1 Å². The van der Waals surface area contributed by atoms with Crippen LogP contribution in [0.3, 0.4) is 0 Å². The van der Waals surface area contributed by atoms with E-state index in [0.717, 1.165) is 24.0 Å². The Morgan fingerprint density at radius 1 is 1.00 bits per heavy atom. The number of carbonyl (C=O) groups excluding carboxylic acids is 2. The van der Waals surface area contributed by atoms with Gasteiger partial charge in [0, 0.05) is 18.6 Å². The van der Waals surface area contributed by atoms with E-state index in [4.69, 9.17) is 4.42 Å². The Morgan fingerprint density at radius 2 is 1.72 bits per heavy atom. The third kappa shape index (κ3) is 7.44. The fourth-order valence-electron chi connectivity index (χ4n) is 3.90. The Morgan fingerprint density at radius 3 is 2.39 bits per heavy atom. The van der Waals surface area contributed by atoms with Gasteiger partial charge in [-0.1, -0.05) is 55.3 Å². The molecule has 7 heteroatoms. The zero-order valence-electron chi connectivity index (χ0n) is 22.0.